The predicted octanol–water partition coefficient (Wildman–Crippen LogP) is 2.75. The predicted molar refractivity (Wildman–Crippen MR) is 137 cm³/mol. The van der Waals surface area contributed by atoms with Crippen LogP contribution in [0.25, 0.3) is 0 Å². The van der Waals surface area contributed by atoms with Gasteiger partial charge in [0.1, 0.15) is 12.4 Å². The van der Waals surface area contributed by atoms with Crippen LogP contribution in [-0.2, 0) is 0 Å². The number of aliphatic hydroxyl groups is 2. The number of nitrogens with zero attached hydrogens (tertiary/aromatic N) is 3. The Balaban J connectivity index is 0.000000497. The number of benzene rings is 2. The molecule has 0 spiro atoms. The molecule has 1 aliphatic heterocycles. The summed E-state index contributed by atoms with van der Waals surface area (Å²) < 4.78 is 5.38. The van der Waals surface area contributed by atoms with Crippen LogP contribution in [0.4, 0.5) is 5.69 Å². The van der Waals surface area contributed by atoms with Gasteiger partial charge >= 0.3 is 0 Å². The number of carbonyl (C=O) groups excluding carboxylic acids is 1. The second-order valence-corrected chi connectivity index (χ2v) is 8.42. The highest BCUT2D eigenvalue weighted by atomic mass is 35.5. The number of β-amino-alcohol motifs (C(OH)–C–C–N with tert-alkyl or cyclic N) is 1. The van der Waals surface area contributed by atoms with Crippen LogP contribution in [0.15, 0.2) is 73.1 Å². The molecular weight excluding hydrogens is 468 g/mol. The van der Waals surface area contributed by atoms with Crippen LogP contribution in [0.3, 0.4) is 0 Å². The van der Waals surface area contributed by atoms with Crippen LogP contribution in [0.2, 0.25) is 5.02 Å². The Morgan fingerprint density at radius 3 is 2.29 bits per heavy atom. The second kappa shape index (κ2) is 13.7. The van der Waals surface area contributed by atoms with E-state index in [-0.39, 0.29) is 18.8 Å². The summed E-state index contributed by atoms with van der Waals surface area (Å²) in [6, 6.07) is 19.1. The van der Waals surface area contributed by atoms with Crippen molar-refractivity contribution in [1.29, 1.82) is 0 Å². The van der Waals surface area contributed by atoms with Crippen molar-refractivity contribution < 1.29 is 19.7 Å². The minimum Gasteiger partial charge on any atom is -0.491 e. The molecular formula is C26H31ClN4O4. The lowest BCUT2D eigenvalue weighted by molar-refractivity contribution is 0.0997. The van der Waals surface area contributed by atoms with Crippen molar-refractivity contribution in [2.75, 3.05) is 50.8 Å². The first-order valence-corrected chi connectivity index (χ1v) is 11.8. The van der Waals surface area contributed by atoms with Crippen molar-refractivity contribution in [1.82, 2.24) is 9.88 Å². The van der Waals surface area contributed by atoms with E-state index in [1.165, 1.54) is 6.20 Å². The number of pyridine rings is 1. The van der Waals surface area contributed by atoms with Gasteiger partial charge in [0.15, 0.2) is 0 Å². The fourth-order valence-electron chi connectivity index (χ4n) is 3.68. The number of halogens is 1. The largest absolute Gasteiger partial charge is 0.491 e. The van der Waals surface area contributed by atoms with Crippen LogP contribution in [0.5, 0.6) is 5.75 Å². The third-order valence-electron chi connectivity index (χ3n) is 5.52. The van der Waals surface area contributed by atoms with Crippen LogP contribution in [0.1, 0.15) is 22.0 Å². The topological polar surface area (TPSA) is 112 Å². The molecule has 0 bridgehead atoms. The van der Waals surface area contributed by atoms with E-state index in [0.717, 1.165) is 31.9 Å². The number of anilines is 1. The van der Waals surface area contributed by atoms with Crippen molar-refractivity contribution in [3.8, 4) is 5.75 Å². The third kappa shape index (κ3) is 8.22. The number of rotatable bonds is 8. The molecule has 1 unspecified atom stereocenters. The highest BCUT2D eigenvalue weighted by molar-refractivity contribution is 6.33. The average molecular weight is 499 g/mol. The number of ether oxygens (including phenoxy) is 1. The lowest BCUT2D eigenvalue weighted by Gasteiger charge is -2.37. The Bertz CT molecular complexity index is 1040. The van der Waals surface area contributed by atoms with Gasteiger partial charge in [-0.3, -0.25) is 14.7 Å². The van der Waals surface area contributed by atoms with E-state index in [0.29, 0.717) is 22.9 Å². The highest BCUT2D eigenvalue weighted by Crippen LogP contribution is 2.30. The number of primary amides is 1. The van der Waals surface area contributed by atoms with E-state index in [4.69, 9.17) is 27.2 Å². The first-order chi connectivity index (χ1) is 17.0. The molecule has 35 heavy (non-hydrogen) atoms. The Morgan fingerprint density at radius 2 is 1.71 bits per heavy atom. The fraction of sp³-hybridized carbons (Fsp3) is 0.308. The number of amides is 1. The molecule has 1 aliphatic rings. The molecule has 1 amide bonds. The van der Waals surface area contributed by atoms with Gasteiger partial charge < -0.3 is 25.6 Å². The number of nitrogens with two attached hydrogens (primary N) is 1. The smallest absolute Gasteiger partial charge is 0.250 e. The van der Waals surface area contributed by atoms with E-state index < -0.39 is 12.0 Å². The van der Waals surface area contributed by atoms with Gasteiger partial charge in [0.05, 0.1) is 29.0 Å². The molecule has 1 saturated heterocycles. The maximum absolute atomic E-state index is 11.3. The number of carbonyl (C=O) groups is 1. The summed E-state index contributed by atoms with van der Waals surface area (Å²) in [5.41, 5.74) is 7.07. The maximum atomic E-state index is 11.3. The fourth-order valence-corrected chi connectivity index (χ4v) is 3.97. The van der Waals surface area contributed by atoms with Gasteiger partial charge in [0, 0.05) is 56.7 Å². The lowest BCUT2D eigenvalue weighted by atomic mass is 10.1. The standard InChI is InChI=1S/C20H25ClN4O4.C6H6/c21-17-10-16(29-8-7-26)1-2-18(17)25-5-3-24(4-6-25)13-19(27)14-9-15(20(22)28)12-23-11-14;1-2-4-6-5-3-1/h1-2,9-12,19,26-27H,3-8,13H2,(H2,22,28);1-6H. The van der Waals surface area contributed by atoms with Crippen molar-refractivity contribution in [3.05, 3.63) is 89.2 Å². The van der Waals surface area contributed by atoms with Crippen LogP contribution < -0.4 is 15.4 Å². The minimum atomic E-state index is -0.750. The van der Waals surface area contributed by atoms with Gasteiger partial charge in [-0.05, 0) is 18.2 Å². The minimum absolute atomic E-state index is 0.0456. The van der Waals surface area contributed by atoms with Crippen molar-refractivity contribution in [3.63, 3.8) is 0 Å². The summed E-state index contributed by atoms with van der Waals surface area (Å²) in [6.07, 6.45) is 2.19. The first kappa shape index (κ1) is 26.4. The molecule has 2 heterocycles. The molecule has 1 aromatic heterocycles. The van der Waals surface area contributed by atoms with Crippen LogP contribution in [-0.4, -0.2) is 71.9 Å². The molecule has 0 radical (unpaired) electrons. The zero-order chi connectivity index (χ0) is 25.0. The average Bonchev–Trinajstić information content (AvgIpc) is 2.89. The number of hydrogen-bond donors (Lipinski definition) is 3. The van der Waals surface area contributed by atoms with Crippen molar-refractivity contribution in [2.24, 2.45) is 5.73 Å². The lowest BCUT2D eigenvalue weighted by Crippen LogP contribution is -2.47. The second-order valence-electron chi connectivity index (χ2n) is 8.01. The van der Waals surface area contributed by atoms with Crippen molar-refractivity contribution >= 4 is 23.2 Å². The van der Waals surface area contributed by atoms with E-state index in [9.17, 15) is 9.90 Å². The SMILES string of the molecule is NC(=O)c1cncc(C(O)CN2CCN(c3ccc(OCCO)cc3Cl)CC2)c1.c1ccccc1. The molecule has 4 rings (SSSR count). The van der Waals surface area contributed by atoms with E-state index in [1.807, 2.05) is 48.5 Å². The Kier molecular flexibility index (Phi) is 10.3. The third-order valence-corrected chi connectivity index (χ3v) is 5.82. The molecule has 8 nitrogen and oxygen atoms in total. The molecule has 0 aliphatic carbocycles. The molecule has 4 N–H and O–H groups in total. The molecule has 1 fully saturated rings. The van der Waals surface area contributed by atoms with E-state index in [1.54, 1.807) is 18.3 Å². The summed E-state index contributed by atoms with van der Waals surface area (Å²) in [6.45, 7) is 3.69. The summed E-state index contributed by atoms with van der Waals surface area (Å²) >= 11 is 6.40. The molecule has 9 heteroatoms. The highest BCUT2D eigenvalue weighted by Gasteiger charge is 2.22. The maximum Gasteiger partial charge on any atom is 0.250 e. The molecule has 0 saturated carbocycles. The van der Waals surface area contributed by atoms with Gasteiger partial charge in [-0.2, -0.15) is 0 Å². The Morgan fingerprint density at radius 1 is 1.06 bits per heavy atom. The van der Waals surface area contributed by atoms with Crippen LogP contribution >= 0.6 is 11.6 Å². The normalized spacial score (nSPS) is 14.5. The van der Waals surface area contributed by atoms with Gasteiger partial charge in [-0.15, -0.1) is 0 Å². The van der Waals surface area contributed by atoms with Gasteiger partial charge in [-0.1, -0.05) is 48.0 Å². The Hall–Kier alpha value is -3.17. The molecule has 1 atom stereocenters. The van der Waals surface area contributed by atoms with E-state index in [2.05, 4.69) is 14.8 Å². The summed E-state index contributed by atoms with van der Waals surface area (Å²) in [7, 11) is 0. The Labute approximate surface area is 210 Å². The van der Waals surface area contributed by atoms with E-state index >= 15 is 0 Å². The summed E-state index contributed by atoms with van der Waals surface area (Å²) in [5.74, 6) is 0.0613. The number of aromatic nitrogens is 1. The number of hydrogen-bond acceptors (Lipinski definition) is 7. The first-order valence-electron chi connectivity index (χ1n) is 11.4. The molecule has 2 aromatic carbocycles. The zero-order valence-electron chi connectivity index (χ0n) is 19.5. The zero-order valence-corrected chi connectivity index (χ0v) is 20.2. The van der Waals surface area contributed by atoms with Crippen molar-refractivity contribution in [2.45, 2.75) is 6.10 Å². The van der Waals surface area contributed by atoms with Gasteiger partial charge in [-0.25, -0.2) is 0 Å². The van der Waals surface area contributed by atoms with Crippen LogP contribution in [0, 0.1) is 0 Å². The van der Waals surface area contributed by atoms with Gasteiger partial charge in [0.2, 0.25) is 5.91 Å². The monoisotopic (exact) mass is 498 g/mol. The quantitative estimate of drug-likeness (QED) is 0.437. The number of piperazine rings is 1. The van der Waals surface area contributed by atoms with Gasteiger partial charge in [0.25, 0.3) is 0 Å². The molecule has 186 valence electrons. The molecule has 3 aromatic rings. The number of aliphatic hydroxyl groups excluding tert-OH is 2. The summed E-state index contributed by atoms with van der Waals surface area (Å²) in [5, 5.41) is 19.9. The summed E-state index contributed by atoms with van der Waals surface area (Å²) in [4.78, 5) is 19.6.